The van der Waals surface area contributed by atoms with Crippen LogP contribution < -0.4 is 15.4 Å². The molecule has 5 rings (SSSR count). The van der Waals surface area contributed by atoms with E-state index in [4.69, 9.17) is 9.72 Å². The third-order valence-electron chi connectivity index (χ3n) is 5.95. The smallest absolute Gasteiger partial charge is 0.335 e. The highest BCUT2D eigenvalue weighted by molar-refractivity contribution is 5.91. The molecule has 1 atom stereocenters. The number of ether oxygens (including phenoxy) is 1. The summed E-state index contributed by atoms with van der Waals surface area (Å²) in [5.74, 6) is 0.0258. The average molecular weight is 441 g/mol. The van der Waals surface area contributed by atoms with Gasteiger partial charge in [0.25, 0.3) is 0 Å². The maximum absolute atomic E-state index is 11.3. The van der Waals surface area contributed by atoms with E-state index in [1.807, 2.05) is 24.3 Å². The molecule has 3 aromatic carbocycles. The molecule has 7 nitrogen and oxygen atoms in total. The normalized spacial score (nSPS) is 14.9. The highest BCUT2D eigenvalue weighted by atomic mass is 16.5. The number of methoxy groups -OCH3 is 1. The maximum Gasteiger partial charge on any atom is 0.335 e. The predicted molar refractivity (Wildman–Crippen MR) is 130 cm³/mol. The number of benzene rings is 3. The molecule has 166 valence electrons. The molecule has 2 heterocycles. The minimum atomic E-state index is -0.991. The van der Waals surface area contributed by atoms with Gasteiger partial charge in [-0.05, 0) is 73.4 Å². The fourth-order valence-electron chi connectivity index (χ4n) is 4.17. The van der Waals surface area contributed by atoms with Crippen LogP contribution in [0, 0.1) is 0 Å². The standard InChI is InChI=1S/C26H24N4O3/c1-15-3-4-17-11-20(8-10-22(17)28-15)29-26-27-14-19-6-5-16(12-23(19)30-26)21-9-7-18(25(31)32)13-24(21)33-2/h5-15,28H,3-4H2,1-2H3,(H,31,32)(H,27,29,30). The van der Waals surface area contributed by atoms with Crippen molar-refractivity contribution in [2.24, 2.45) is 0 Å². The zero-order valence-corrected chi connectivity index (χ0v) is 18.4. The van der Waals surface area contributed by atoms with Crippen LogP contribution in [0.5, 0.6) is 5.75 Å². The van der Waals surface area contributed by atoms with Gasteiger partial charge in [0.05, 0.1) is 18.2 Å². The number of aromatic carboxylic acids is 1. The van der Waals surface area contributed by atoms with Crippen molar-refractivity contribution in [2.75, 3.05) is 17.7 Å². The number of carbonyl (C=O) groups is 1. The number of nitrogens with one attached hydrogen (secondary N) is 2. The lowest BCUT2D eigenvalue weighted by atomic mass is 9.98. The molecule has 1 unspecified atom stereocenters. The van der Waals surface area contributed by atoms with Crippen LogP contribution in [-0.2, 0) is 6.42 Å². The second kappa shape index (κ2) is 8.43. The van der Waals surface area contributed by atoms with E-state index in [1.165, 1.54) is 24.4 Å². The molecule has 0 bridgehead atoms. The van der Waals surface area contributed by atoms with E-state index in [2.05, 4.69) is 34.7 Å². The Kier molecular flexibility index (Phi) is 5.30. The first-order valence-electron chi connectivity index (χ1n) is 10.8. The van der Waals surface area contributed by atoms with E-state index >= 15 is 0 Å². The van der Waals surface area contributed by atoms with E-state index in [0.29, 0.717) is 17.7 Å². The molecule has 0 amide bonds. The van der Waals surface area contributed by atoms with Crippen LogP contribution in [-0.4, -0.2) is 34.2 Å². The second-order valence-electron chi connectivity index (χ2n) is 8.27. The zero-order chi connectivity index (χ0) is 22.9. The van der Waals surface area contributed by atoms with Crippen LogP contribution in [0.2, 0.25) is 0 Å². The maximum atomic E-state index is 11.3. The molecule has 1 aliphatic rings. The molecule has 7 heteroatoms. The minimum absolute atomic E-state index is 0.180. The number of nitrogens with zero attached hydrogens (tertiary/aromatic N) is 2. The topological polar surface area (TPSA) is 96.4 Å². The van der Waals surface area contributed by atoms with Gasteiger partial charge in [0.15, 0.2) is 0 Å². The van der Waals surface area contributed by atoms with Crippen molar-refractivity contribution in [3.05, 3.63) is 71.9 Å². The van der Waals surface area contributed by atoms with Crippen LogP contribution in [0.1, 0.15) is 29.3 Å². The van der Waals surface area contributed by atoms with E-state index < -0.39 is 5.97 Å². The van der Waals surface area contributed by atoms with Gasteiger partial charge < -0.3 is 20.5 Å². The number of hydrogen-bond acceptors (Lipinski definition) is 6. The lowest BCUT2D eigenvalue weighted by Gasteiger charge is -2.24. The highest BCUT2D eigenvalue weighted by Crippen LogP contribution is 2.33. The van der Waals surface area contributed by atoms with Crippen LogP contribution in [0.3, 0.4) is 0 Å². The third-order valence-corrected chi connectivity index (χ3v) is 5.95. The number of aryl methyl sites for hydroxylation is 1. The van der Waals surface area contributed by atoms with Gasteiger partial charge in [0.1, 0.15) is 5.75 Å². The lowest BCUT2D eigenvalue weighted by molar-refractivity contribution is 0.0696. The molecule has 1 aliphatic heterocycles. The van der Waals surface area contributed by atoms with E-state index in [1.54, 1.807) is 18.3 Å². The van der Waals surface area contributed by atoms with Gasteiger partial charge >= 0.3 is 5.97 Å². The van der Waals surface area contributed by atoms with Gasteiger partial charge in [-0.15, -0.1) is 0 Å². The molecular formula is C26H24N4O3. The number of fused-ring (bicyclic) bond motifs is 2. The van der Waals surface area contributed by atoms with Gasteiger partial charge in [-0.25, -0.2) is 14.8 Å². The molecule has 3 N–H and O–H groups in total. The number of carboxylic acid groups (broad SMARTS) is 1. The summed E-state index contributed by atoms with van der Waals surface area (Å²) in [6, 6.07) is 17.5. The van der Waals surface area contributed by atoms with Gasteiger partial charge in [-0.3, -0.25) is 0 Å². The first-order chi connectivity index (χ1) is 16.0. The fraction of sp³-hybridized carbons (Fsp3) is 0.192. The summed E-state index contributed by atoms with van der Waals surface area (Å²) in [6.07, 6.45) is 3.95. The van der Waals surface area contributed by atoms with Crippen molar-refractivity contribution < 1.29 is 14.6 Å². The van der Waals surface area contributed by atoms with Gasteiger partial charge in [0.2, 0.25) is 5.95 Å². The highest BCUT2D eigenvalue weighted by Gasteiger charge is 2.15. The summed E-state index contributed by atoms with van der Waals surface area (Å²) < 4.78 is 5.44. The van der Waals surface area contributed by atoms with Crippen LogP contribution >= 0.6 is 0 Å². The Labute approximate surface area is 191 Å². The quantitative estimate of drug-likeness (QED) is 0.377. The number of carboxylic acids is 1. The first kappa shape index (κ1) is 20.8. The van der Waals surface area contributed by atoms with Crippen molar-refractivity contribution in [3.8, 4) is 16.9 Å². The summed E-state index contributed by atoms with van der Waals surface area (Å²) in [5.41, 5.74) is 6.07. The Morgan fingerprint density at radius 3 is 2.85 bits per heavy atom. The Morgan fingerprint density at radius 2 is 2.03 bits per heavy atom. The Hall–Kier alpha value is -4.13. The van der Waals surface area contributed by atoms with Crippen molar-refractivity contribution >= 4 is 34.2 Å². The summed E-state index contributed by atoms with van der Waals surface area (Å²) >= 11 is 0. The Morgan fingerprint density at radius 1 is 1.15 bits per heavy atom. The number of rotatable bonds is 5. The van der Waals surface area contributed by atoms with Crippen LogP contribution in [0.4, 0.5) is 17.3 Å². The molecule has 0 saturated carbocycles. The molecule has 0 radical (unpaired) electrons. The number of aromatic nitrogens is 2. The SMILES string of the molecule is COc1cc(C(=O)O)ccc1-c1ccc2cnc(Nc3ccc4c(c3)CCC(C)N4)nc2c1. The number of hydrogen-bond donors (Lipinski definition) is 3. The minimum Gasteiger partial charge on any atom is -0.496 e. The monoisotopic (exact) mass is 440 g/mol. The van der Waals surface area contributed by atoms with Crippen molar-refractivity contribution in [1.82, 2.24) is 9.97 Å². The first-order valence-corrected chi connectivity index (χ1v) is 10.8. The van der Waals surface area contributed by atoms with Crippen LogP contribution in [0.15, 0.2) is 60.8 Å². The summed E-state index contributed by atoms with van der Waals surface area (Å²) in [6.45, 7) is 2.20. The summed E-state index contributed by atoms with van der Waals surface area (Å²) in [4.78, 5) is 20.5. The molecule has 33 heavy (non-hydrogen) atoms. The van der Waals surface area contributed by atoms with Crippen molar-refractivity contribution in [3.63, 3.8) is 0 Å². The number of anilines is 3. The lowest BCUT2D eigenvalue weighted by Crippen LogP contribution is -2.21. The molecule has 4 aromatic rings. The molecular weight excluding hydrogens is 416 g/mol. The van der Waals surface area contributed by atoms with Crippen LogP contribution in [0.25, 0.3) is 22.0 Å². The third kappa shape index (κ3) is 4.17. The molecule has 0 aliphatic carbocycles. The molecule has 0 fully saturated rings. The largest absolute Gasteiger partial charge is 0.496 e. The Balaban J connectivity index is 1.46. The molecule has 0 saturated heterocycles. The van der Waals surface area contributed by atoms with E-state index in [0.717, 1.165) is 40.6 Å². The summed E-state index contributed by atoms with van der Waals surface area (Å²) in [7, 11) is 1.53. The predicted octanol–water partition coefficient (Wildman–Crippen LogP) is 5.49. The summed E-state index contributed by atoms with van der Waals surface area (Å²) in [5, 5.41) is 17.0. The Bertz CT molecular complexity index is 1370. The van der Waals surface area contributed by atoms with Gasteiger partial charge in [-0.2, -0.15) is 0 Å². The fourth-order valence-corrected chi connectivity index (χ4v) is 4.17. The van der Waals surface area contributed by atoms with Gasteiger partial charge in [-0.1, -0.05) is 12.1 Å². The zero-order valence-electron chi connectivity index (χ0n) is 18.4. The van der Waals surface area contributed by atoms with Crippen molar-refractivity contribution in [2.45, 2.75) is 25.8 Å². The van der Waals surface area contributed by atoms with E-state index in [-0.39, 0.29) is 5.56 Å². The van der Waals surface area contributed by atoms with E-state index in [9.17, 15) is 9.90 Å². The molecule has 0 spiro atoms. The van der Waals surface area contributed by atoms with Crippen molar-refractivity contribution in [1.29, 1.82) is 0 Å². The second-order valence-corrected chi connectivity index (χ2v) is 8.27. The molecule has 1 aromatic heterocycles. The average Bonchev–Trinajstić information content (AvgIpc) is 2.83. The van der Waals surface area contributed by atoms with Gasteiger partial charge in [0, 0.05) is 34.6 Å².